The molecule has 1 atom stereocenters. The first-order chi connectivity index (χ1) is 15.4. The number of ether oxygens (including phenoxy) is 1. The largest absolute Gasteiger partial charge is 0.467 e. The number of benzene rings is 2. The van der Waals surface area contributed by atoms with Gasteiger partial charge in [0.2, 0.25) is 5.82 Å². The minimum absolute atomic E-state index is 0.161. The van der Waals surface area contributed by atoms with Crippen molar-refractivity contribution in [3.63, 3.8) is 0 Å². The molecule has 2 heterocycles. The van der Waals surface area contributed by atoms with Crippen molar-refractivity contribution >= 4 is 34.7 Å². The van der Waals surface area contributed by atoms with E-state index in [0.717, 1.165) is 36.1 Å². The number of para-hydroxylation sites is 1. The summed E-state index contributed by atoms with van der Waals surface area (Å²) in [6.07, 6.45) is 5.13. The third-order valence-electron chi connectivity index (χ3n) is 6.31. The van der Waals surface area contributed by atoms with Crippen LogP contribution in [0.4, 0.5) is 11.5 Å². The number of aromatic amines is 1. The van der Waals surface area contributed by atoms with E-state index in [1.165, 1.54) is 24.1 Å². The van der Waals surface area contributed by atoms with Crippen LogP contribution >= 0.6 is 23.2 Å². The van der Waals surface area contributed by atoms with E-state index >= 15 is 0 Å². The van der Waals surface area contributed by atoms with Gasteiger partial charge in [-0.05, 0) is 36.6 Å². The van der Waals surface area contributed by atoms with Crippen molar-refractivity contribution in [1.82, 2.24) is 14.8 Å². The minimum Gasteiger partial charge on any atom is -0.467 e. The predicted octanol–water partition coefficient (Wildman–Crippen LogP) is 3.84. The number of H-pyrrole nitrogens is 1. The van der Waals surface area contributed by atoms with Crippen LogP contribution in [0.15, 0.2) is 46.0 Å². The van der Waals surface area contributed by atoms with Gasteiger partial charge in [-0.1, -0.05) is 60.7 Å². The third-order valence-corrected chi connectivity index (χ3v) is 6.88. The van der Waals surface area contributed by atoms with Gasteiger partial charge in [-0.15, -0.1) is 5.10 Å². The number of rotatable bonds is 3. The third kappa shape index (κ3) is 3.34. The lowest BCUT2D eigenvalue weighted by Crippen LogP contribution is -2.44. The second kappa shape index (κ2) is 7.86. The fraction of sp³-hybridized carbons (Fsp3) is 0.318. The summed E-state index contributed by atoms with van der Waals surface area (Å²) in [5, 5.41) is 7.76. The van der Waals surface area contributed by atoms with E-state index in [-0.39, 0.29) is 33.2 Å². The molecule has 1 aliphatic carbocycles. The maximum absolute atomic E-state index is 12.2. The first-order valence-electron chi connectivity index (χ1n) is 10.4. The van der Waals surface area contributed by atoms with Gasteiger partial charge in [0, 0.05) is 5.69 Å². The molecular formula is C22H21Cl2N5O3. The summed E-state index contributed by atoms with van der Waals surface area (Å²) in [6.45, 7) is 0. The van der Waals surface area contributed by atoms with Crippen molar-refractivity contribution in [1.29, 1.82) is 0 Å². The van der Waals surface area contributed by atoms with E-state index in [0.29, 0.717) is 5.75 Å². The minimum atomic E-state index is -0.756. The van der Waals surface area contributed by atoms with E-state index in [1.807, 2.05) is 6.07 Å². The van der Waals surface area contributed by atoms with Crippen LogP contribution in [-0.4, -0.2) is 21.0 Å². The summed E-state index contributed by atoms with van der Waals surface area (Å²) >= 11 is 13.1. The predicted molar refractivity (Wildman–Crippen MR) is 124 cm³/mol. The summed E-state index contributed by atoms with van der Waals surface area (Å²) in [4.78, 5) is 25.8. The average Bonchev–Trinajstić information content (AvgIpc) is 3.06. The second-order valence-electron chi connectivity index (χ2n) is 8.20. The van der Waals surface area contributed by atoms with Crippen molar-refractivity contribution in [2.75, 3.05) is 11.1 Å². The highest BCUT2D eigenvalue weighted by Gasteiger charge is 2.49. The Balaban J connectivity index is 1.52. The van der Waals surface area contributed by atoms with Crippen LogP contribution < -0.4 is 27.0 Å². The summed E-state index contributed by atoms with van der Waals surface area (Å²) < 4.78 is 7.35. The van der Waals surface area contributed by atoms with Crippen molar-refractivity contribution in [3.05, 3.63) is 72.8 Å². The topological polar surface area (TPSA) is 115 Å². The van der Waals surface area contributed by atoms with Gasteiger partial charge in [0.05, 0.1) is 21.1 Å². The van der Waals surface area contributed by atoms with Crippen LogP contribution in [0.2, 0.25) is 10.0 Å². The van der Waals surface area contributed by atoms with Gasteiger partial charge < -0.3 is 15.8 Å². The summed E-state index contributed by atoms with van der Waals surface area (Å²) in [5.41, 5.74) is 6.46. The number of anilines is 2. The van der Waals surface area contributed by atoms with Crippen molar-refractivity contribution < 1.29 is 4.74 Å². The molecule has 10 heteroatoms. The van der Waals surface area contributed by atoms with Crippen LogP contribution in [0.5, 0.6) is 5.75 Å². The molecule has 0 saturated heterocycles. The molecule has 1 spiro atoms. The molecule has 1 aromatic heterocycles. The summed E-state index contributed by atoms with van der Waals surface area (Å²) in [5.74, 6) is -0.0258. The lowest BCUT2D eigenvalue weighted by atomic mass is 9.69. The normalized spacial score (nSPS) is 18.9. The number of nitrogens with one attached hydrogen (secondary N) is 2. The van der Waals surface area contributed by atoms with Crippen LogP contribution in [0.25, 0.3) is 5.69 Å². The lowest BCUT2D eigenvalue weighted by molar-refractivity contribution is 0.107. The van der Waals surface area contributed by atoms with Gasteiger partial charge in [-0.3, -0.25) is 9.78 Å². The molecule has 2 aromatic carbocycles. The Bertz CT molecular complexity index is 1290. The van der Waals surface area contributed by atoms with Crippen molar-refractivity contribution in [2.45, 2.75) is 43.7 Å². The molecule has 0 amide bonds. The number of hydrogen-bond acceptors (Lipinski definition) is 6. The lowest BCUT2D eigenvalue weighted by Gasteiger charge is -2.39. The van der Waals surface area contributed by atoms with Gasteiger partial charge in [0.1, 0.15) is 0 Å². The highest BCUT2D eigenvalue weighted by Crippen LogP contribution is 2.51. The number of nitrogen functional groups attached to an aromatic ring is 1. The number of nitrogens with zero attached hydrogens (tertiary/aromatic N) is 2. The molecule has 4 N–H and O–H groups in total. The van der Waals surface area contributed by atoms with Crippen LogP contribution in [0.1, 0.15) is 37.7 Å². The molecule has 166 valence electrons. The highest BCUT2D eigenvalue weighted by atomic mass is 35.5. The SMILES string of the molecule is Nc1nn(-c2cc(Cl)c(OC3Nc4ccccc4C34CCCCC4)c(Cl)c2)c(=O)[nH]c1=O. The summed E-state index contributed by atoms with van der Waals surface area (Å²) in [6, 6.07) is 11.3. The molecule has 1 aliphatic heterocycles. The number of fused-ring (bicyclic) bond motifs is 2. The Labute approximate surface area is 193 Å². The fourth-order valence-electron chi connectivity index (χ4n) is 4.81. The fourth-order valence-corrected chi connectivity index (χ4v) is 5.37. The highest BCUT2D eigenvalue weighted by molar-refractivity contribution is 6.37. The molecule has 1 fully saturated rings. The summed E-state index contributed by atoms with van der Waals surface area (Å²) in [7, 11) is 0. The molecule has 1 saturated carbocycles. The standard InChI is InChI=1S/C22H21Cl2N5O3/c23-14-10-12(29-21(31)27-19(30)18(25)28-29)11-15(24)17(14)32-20-22(8-4-1-5-9-22)13-6-2-3-7-16(13)26-20/h2-3,6-7,10-11,20,26H,1,4-5,8-9H2,(H2,25,28)(H,27,30,31). The maximum atomic E-state index is 12.2. The molecule has 0 bridgehead atoms. The molecule has 3 aromatic rings. The monoisotopic (exact) mass is 473 g/mol. The first-order valence-corrected chi connectivity index (χ1v) is 11.2. The average molecular weight is 474 g/mol. The Hall–Kier alpha value is -2.97. The number of nitrogens with two attached hydrogens (primary N) is 1. The maximum Gasteiger partial charge on any atom is 0.349 e. The molecule has 5 rings (SSSR count). The Morgan fingerprint density at radius 1 is 1.09 bits per heavy atom. The van der Waals surface area contributed by atoms with Crippen LogP contribution in [-0.2, 0) is 5.41 Å². The van der Waals surface area contributed by atoms with Crippen LogP contribution in [0, 0.1) is 0 Å². The van der Waals surface area contributed by atoms with Gasteiger partial charge in [-0.2, -0.15) is 4.68 Å². The van der Waals surface area contributed by atoms with Gasteiger partial charge >= 0.3 is 5.69 Å². The van der Waals surface area contributed by atoms with E-state index in [4.69, 9.17) is 33.7 Å². The second-order valence-corrected chi connectivity index (χ2v) is 9.01. The molecule has 32 heavy (non-hydrogen) atoms. The van der Waals surface area contributed by atoms with E-state index in [2.05, 4.69) is 33.6 Å². The number of aromatic nitrogens is 3. The van der Waals surface area contributed by atoms with Crippen LogP contribution in [0.3, 0.4) is 0 Å². The Morgan fingerprint density at radius 3 is 2.50 bits per heavy atom. The smallest absolute Gasteiger partial charge is 0.349 e. The van der Waals surface area contributed by atoms with Gasteiger partial charge in [-0.25, -0.2) is 4.79 Å². The zero-order valence-corrected chi connectivity index (χ0v) is 18.5. The quantitative estimate of drug-likeness (QED) is 0.532. The number of hydrogen-bond donors (Lipinski definition) is 3. The molecule has 1 unspecified atom stereocenters. The molecule has 8 nitrogen and oxygen atoms in total. The molecular weight excluding hydrogens is 453 g/mol. The first kappa shape index (κ1) is 20.9. The van der Waals surface area contributed by atoms with Gasteiger partial charge in [0.25, 0.3) is 5.56 Å². The number of halogens is 2. The van der Waals surface area contributed by atoms with Crippen molar-refractivity contribution in [3.8, 4) is 11.4 Å². The van der Waals surface area contributed by atoms with E-state index in [1.54, 1.807) is 0 Å². The zero-order chi connectivity index (χ0) is 22.5. The Morgan fingerprint density at radius 2 is 1.78 bits per heavy atom. The van der Waals surface area contributed by atoms with Crippen molar-refractivity contribution in [2.24, 2.45) is 0 Å². The zero-order valence-electron chi connectivity index (χ0n) is 17.0. The molecule has 2 aliphatic rings. The van der Waals surface area contributed by atoms with Gasteiger partial charge in [0.15, 0.2) is 12.0 Å². The Kier molecular flexibility index (Phi) is 5.14. The van der Waals surface area contributed by atoms with E-state index < -0.39 is 11.2 Å². The molecule has 0 radical (unpaired) electrons. The van der Waals surface area contributed by atoms with E-state index in [9.17, 15) is 9.59 Å².